The zero-order chi connectivity index (χ0) is 7.68. The minimum atomic E-state index is 0.306. The molecule has 60 valence electrons. The molecular formula is C8H10OS2. The summed E-state index contributed by atoms with van der Waals surface area (Å²) in [5.74, 6) is 1.09. The number of ether oxygens (including phenoxy) is 1. The van der Waals surface area contributed by atoms with E-state index >= 15 is 0 Å². The van der Waals surface area contributed by atoms with Crippen molar-refractivity contribution in [2.75, 3.05) is 12.4 Å². The second-order valence-electron chi connectivity index (χ2n) is 2.51. The normalized spacial score (nSPS) is 24.3. The third-order valence-corrected chi connectivity index (χ3v) is 3.98. The van der Waals surface area contributed by atoms with Gasteiger partial charge in [-0.2, -0.15) is 0 Å². The summed E-state index contributed by atoms with van der Waals surface area (Å²) >= 11 is 3.71. The van der Waals surface area contributed by atoms with Gasteiger partial charge in [-0.05, 0) is 18.4 Å². The SMILES string of the molecule is CC1OCCSc2ccsc21. The van der Waals surface area contributed by atoms with Gasteiger partial charge >= 0.3 is 0 Å². The Hall–Kier alpha value is 0.01000. The van der Waals surface area contributed by atoms with Gasteiger partial charge in [0.05, 0.1) is 12.7 Å². The van der Waals surface area contributed by atoms with Crippen molar-refractivity contribution in [1.29, 1.82) is 0 Å². The van der Waals surface area contributed by atoms with Gasteiger partial charge in [0.25, 0.3) is 0 Å². The van der Waals surface area contributed by atoms with Crippen molar-refractivity contribution in [3.05, 3.63) is 16.3 Å². The van der Waals surface area contributed by atoms with Crippen LogP contribution < -0.4 is 0 Å². The van der Waals surface area contributed by atoms with E-state index in [2.05, 4.69) is 18.4 Å². The lowest BCUT2D eigenvalue weighted by atomic mass is 10.3. The molecule has 0 fully saturated rings. The summed E-state index contributed by atoms with van der Waals surface area (Å²) < 4.78 is 5.58. The molecule has 0 amide bonds. The maximum absolute atomic E-state index is 5.58. The van der Waals surface area contributed by atoms with Crippen molar-refractivity contribution in [3.8, 4) is 0 Å². The summed E-state index contributed by atoms with van der Waals surface area (Å²) in [5.41, 5.74) is 0. The molecule has 0 N–H and O–H groups in total. The first kappa shape index (κ1) is 7.65. The van der Waals surface area contributed by atoms with Crippen LogP contribution in [0.3, 0.4) is 0 Å². The average molecular weight is 186 g/mol. The predicted octanol–water partition coefficient (Wildman–Crippen LogP) is 2.93. The molecule has 0 bridgehead atoms. The van der Waals surface area contributed by atoms with Crippen molar-refractivity contribution in [2.24, 2.45) is 0 Å². The van der Waals surface area contributed by atoms with Crippen molar-refractivity contribution < 1.29 is 4.74 Å². The maximum Gasteiger partial charge on any atom is 0.0900 e. The summed E-state index contributed by atoms with van der Waals surface area (Å²) in [4.78, 5) is 2.81. The summed E-state index contributed by atoms with van der Waals surface area (Å²) in [7, 11) is 0. The van der Waals surface area contributed by atoms with Crippen molar-refractivity contribution >= 4 is 23.1 Å². The van der Waals surface area contributed by atoms with Crippen LogP contribution >= 0.6 is 23.1 Å². The fraction of sp³-hybridized carbons (Fsp3) is 0.500. The van der Waals surface area contributed by atoms with E-state index in [1.807, 2.05) is 11.8 Å². The number of fused-ring (bicyclic) bond motifs is 1. The van der Waals surface area contributed by atoms with E-state index < -0.39 is 0 Å². The molecule has 0 aromatic carbocycles. The zero-order valence-electron chi connectivity index (χ0n) is 6.37. The first-order valence-corrected chi connectivity index (χ1v) is 5.56. The van der Waals surface area contributed by atoms with Crippen LogP contribution in [0.1, 0.15) is 17.9 Å². The van der Waals surface area contributed by atoms with Gasteiger partial charge < -0.3 is 4.74 Å². The summed E-state index contributed by atoms with van der Waals surface area (Å²) in [5, 5.41) is 2.14. The third kappa shape index (κ3) is 1.45. The molecule has 11 heavy (non-hydrogen) atoms. The standard InChI is InChI=1S/C8H10OS2/c1-6-8-7(2-4-11-8)10-5-3-9-6/h2,4,6H,3,5H2,1H3. The number of thioether (sulfide) groups is 1. The smallest absolute Gasteiger partial charge is 0.0900 e. The van der Waals surface area contributed by atoms with Gasteiger partial charge in [-0.15, -0.1) is 23.1 Å². The van der Waals surface area contributed by atoms with E-state index in [1.54, 1.807) is 11.3 Å². The van der Waals surface area contributed by atoms with Gasteiger partial charge in [0.1, 0.15) is 0 Å². The van der Waals surface area contributed by atoms with Gasteiger partial charge in [-0.25, -0.2) is 0 Å². The molecule has 2 rings (SSSR count). The van der Waals surface area contributed by atoms with Gasteiger partial charge in [-0.1, -0.05) is 0 Å². The van der Waals surface area contributed by atoms with E-state index in [0.717, 1.165) is 12.4 Å². The Bertz CT molecular complexity index is 244. The fourth-order valence-electron chi connectivity index (χ4n) is 1.18. The lowest BCUT2D eigenvalue weighted by Crippen LogP contribution is -1.97. The highest BCUT2D eigenvalue weighted by Crippen LogP contribution is 2.36. The lowest BCUT2D eigenvalue weighted by Gasteiger charge is -2.06. The van der Waals surface area contributed by atoms with Gasteiger partial charge in [-0.3, -0.25) is 0 Å². The van der Waals surface area contributed by atoms with E-state index in [-0.39, 0.29) is 0 Å². The molecule has 0 saturated heterocycles. The quantitative estimate of drug-likeness (QED) is 0.616. The van der Waals surface area contributed by atoms with Gasteiger partial charge in [0, 0.05) is 15.5 Å². The minimum Gasteiger partial charge on any atom is -0.372 e. The van der Waals surface area contributed by atoms with Crippen molar-refractivity contribution in [3.63, 3.8) is 0 Å². The molecule has 1 nitrogen and oxygen atoms in total. The molecule has 1 aliphatic heterocycles. The fourth-order valence-corrected chi connectivity index (χ4v) is 3.25. The molecule has 0 radical (unpaired) electrons. The average Bonchev–Trinajstić information content (AvgIpc) is 2.40. The Morgan fingerprint density at radius 2 is 2.55 bits per heavy atom. The van der Waals surface area contributed by atoms with Crippen molar-refractivity contribution in [2.45, 2.75) is 17.9 Å². The maximum atomic E-state index is 5.58. The Labute approximate surface area is 74.8 Å². The summed E-state index contributed by atoms with van der Waals surface area (Å²) in [6.07, 6.45) is 0.306. The highest BCUT2D eigenvalue weighted by molar-refractivity contribution is 7.99. The van der Waals surface area contributed by atoms with Gasteiger partial charge in [0.2, 0.25) is 0 Å². The Morgan fingerprint density at radius 1 is 1.64 bits per heavy atom. The van der Waals surface area contributed by atoms with Crippen LogP contribution in [0.4, 0.5) is 0 Å². The molecule has 0 spiro atoms. The molecule has 0 aliphatic carbocycles. The van der Waals surface area contributed by atoms with Crippen LogP contribution in [-0.2, 0) is 4.74 Å². The van der Waals surface area contributed by atoms with Crippen LogP contribution in [0.5, 0.6) is 0 Å². The second kappa shape index (κ2) is 3.17. The van der Waals surface area contributed by atoms with E-state index in [1.165, 1.54) is 9.77 Å². The number of rotatable bonds is 0. The molecule has 1 aromatic heterocycles. The lowest BCUT2D eigenvalue weighted by molar-refractivity contribution is 0.0812. The molecule has 1 atom stereocenters. The first-order valence-electron chi connectivity index (χ1n) is 3.70. The van der Waals surface area contributed by atoms with E-state index in [4.69, 9.17) is 4.74 Å². The molecule has 2 heterocycles. The zero-order valence-corrected chi connectivity index (χ0v) is 8.00. The Balaban J connectivity index is 2.34. The molecule has 1 aliphatic rings. The Morgan fingerprint density at radius 3 is 3.45 bits per heavy atom. The second-order valence-corrected chi connectivity index (χ2v) is 4.60. The van der Waals surface area contributed by atoms with E-state index in [0.29, 0.717) is 6.10 Å². The summed E-state index contributed by atoms with van der Waals surface area (Å²) in [6.45, 7) is 3.01. The molecular weight excluding hydrogens is 176 g/mol. The van der Waals surface area contributed by atoms with Crippen LogP contribution in [0, 0.1) is 0 Å². The van der Waals surface area contributed by atoms with Crippen LogP contribution in [0.2, 0.25) is 0 Å². The molecule has 1 unspecified atom stereocenters. The highest BCUT2D eigenvalue weighted by Gasteiger charge is 2.16. The van der Waals surface area contributed by atoms with E-state index in [9.17, 15) is 0 Å². The topological polar surface area (TPSA) is 9.23 Å². The van der Waals surface area contributed by atoms with Crippen LogP contribution in [0.15, 0.2) is 16.3 Å². The minimum absolute atomic E-state index is 0.306. The monoisotopic (exact) mass is 186 g/mol. The number of hydrogen-bond donors (Lipinski definition) is 0. The third-order valence-electron chi connectivity index (χ3n) is 1.74. The van der Waals surface area contributed by atoms with Crippen LogP contribution in [-0.4, -0.2) is 12.4 Å². The Kier molecular flexibility index (Phi) is 2.20. The molecule has 3 heteroatoms. The largest absolute Gasteiger partial charge is 0.372 e. The van der Waals surface area contributed by atoms with Crippen molar-refractivity contribution in [1.82, 2.24) is 0 Å². The highest BCUT2D eigenvalue weighted by atomic mass is 32.2. The molecule has 0 saturated carbocycles. The predicted molar refractivity (Wildman–Crippen MR) is 49.4 cm³/mol. The molecule has 1 aromatic rings. The first-order chi connectivity index (χ1) is 5.38. The van der Waals surface area contributed by atoms with Gasteiger partial charge in [0.15, 0.2) is 0 Å². The number of hydrogen-bond acceptors (Lipinski definition) is 3. The summed E-state index contributed by atoms with van der Waals surface area (Å²) in [6, 6.07) is 2.19. The number of thiophene rings is 1. The van der Waals surface area contributed by atoms with Crippen LogP contribution in [0.25, 0.3) is 0 Å².